The van der Waals surface area contributed by atoms with Crippen molar-refractivity contribution >= 4 is 0 Å². The lowest BCUT2D eigenvalue weighted by Crippen LogP contribution is -2.10. The van der Waals surface area contributed by atoms with Gasteiger partial charge in [-0.2, -0.15) is 10.6 Å². The van der Waals surface area contributed by atoms with Crippen LogP contribution < -0.4 is 5.48 Å². The number of rotatable bonds is 4. The average molecular weight is 217 g/mol. The molecule has 0 unspecified atom stereocenters. The minimum atomic E-state index is 0.703. The summed E-state index contributed by atoms with van der Waals surface area (Å²) in [5.74, 6) is 0. The van der Waals surface area contributed by atoms with E-state index >= 15 is 0 Å². The maximum absolute atomic E-state index is 4.80. The lowest BCUT2D eigenvalue weighted by atomic mass is 10.2. The van der Waals surface area contributed by atoms with Crippen molar-refractivity contribution in [1.29, 1.82) is 0 Å². The predicted octanol–water partition coefficient (Wildman–Crippen LogP) is 1.83. The van der Waals surface area contributed by atoms with Gasteiger partial charge in [-0.3, -0.25) is 0 Å². The Morgan fingerprint density at radius 1 is 1.25 bits per heavy atom. The number of hydrogen-bond donors (Lipinski definition) is 1. The molecule has 0 aliphatic carbocycles. The number of aryl methyl sites for hydroxylation is 1. The second-order valence-electron chi connectivity index (χ2n) is 3.58. The third kappa shape index (κ3) is 2.29. The first-order chi connectivity index (χ1) is 7.81. The molecular formula is C12H15N3O. The molecule has 0 spiro atoms. The van der Waals surface area contributed by atoms with E-state index in [1.165, 1.54) is 5.56 Å². The van der Waals surface area contributed by atoms with Crippen molar-refractivity contribution in [2.45, 2.75) is 13.5 Å². The largest absolute Gasteiger partial charge is 0.305 e. The molecule has 0 radical (unpaired) electrons. The van der Waals surface area contributed by atoms with E-state index in [1.54, 1.807) is 13.3 Å². The second kappa shape index (κ2) is 4.92. The van der Waals surface area contributed by atoms with Gasteiger partial charge in [0, 0.05) is 18.4 Å². The smallest absolute Gasteiger partial charge is 0.0648 e. The molecule has 2 rings (SSSR count). The summed E-state index contributed by atoms with van der Waals surface area (Å²) < 4.78 is 1.91. The van der Waals surface area contributed by atoms with E-state index in [4.69, 9.17) is 4.84 Å². The van der Waals surface area contributed by atoms with Gasteiger partial charge in [0.25, 0.3) is 0 Å². The summed E-state index contributed by atoms with van der Waals surface area (Å²) in [7, 11) is 1.61. The Balaban J connectivity index is 2.16. The summed E-state index contributed by atoms with van der Waals surface area (Å²) in [6.45, 7) is 2.74. The first kappa shape index (κ1) is 10.9. The summed E-state index contributed by atoms with van der Waals surface area (Å²) in [5.41, 5.74) is 6.18. The maximum atomic E-state index is 4.80. The topological polar surface area (TPSA) is 39.1 Å². The quantitative estimate of drug-likeness (QED) is 0.794. The third-order valence-corrected chi connectivity index (χ3v) is 2.43. The molecule has 0 saturated heterocycles. The van der Waals surface area contributed by atoms with E-state index in [1.807, 2.05) is 29.8 Å². The highest BCUT2D eigenvalue weighted by Gasteiger charge is 2.00. The monoisotopic (exact) mass is 217 g/mol. The van der Waals surface area contributed by atoms with Gasteiger partial charge in [-0.1, -0.05) is 12.1 Å². The van der Waals surface area contributed by atoms with Crippen LogP contribution in [0, 0.1) is 6.92 Å². The van der Waals surface area contributed by atoms with Gasteiger partial charge in [-0.25, -0.2) is 4.68 Å². The Labute approximate surface area is 94.8 Å². The number of aromatic nitrogens is 2. The Bertz CT molecular complexity index is 448. The van der Waals surface area contributed by atoms with Gasteiger partial charge < -0.3 is 4.84 Å². The third-order valence-electron chi connectivity index (χ3n) is 2.43. The molecule has 4 heteroatoms. The molecule has 0 bridgehead atoms. The number of hydroxylamine groups is 1. The minimum Gasteiger partial charge on any atom is -0.305 e. The molecule has 4 nitrogen and oxygen atoms in total. The average Bonchev–Trinajstić information content (AvgIpc) is 2.74. The van der Waals surface area contributed by atoms with Crippen molar-refractivity contribution in [1.82, 2.24) is 15.3 Å². The van der Waals surface area contributed by atoms with Crippen LogP contribution in [-0.4, -0.2) is 16.9 Å². The summed E-state index contributed by atoms with van der Waals surface area (Å²) in [5, 5.41) is 4.25. The fraction of sp³-hybridized carbons (Fsp3) is 0.250. The zero-order valence-corrected chi connectivity index (χ0v) is 9.47. The fourth-order valence-corrected chi connectivity index (χ4v) is 1.55. The molecule has 1 aromatic heterocycles. The molecule has 0 fully saturated rings. The Morgan fingerprint density at radius 2 is 2.00 bits per heavy atom. The van der Waals surface area contributed by atoms with Crippen molar-refractivity contribution in [3.8, 4) is 5.69 Å². The van der Waals surface area contributed by atoms with Crippen molar-refractivity contribution in [2.24, 2.45) is 0 Å². The second-order valence-corrected chi connectivity index (χ2v) is 3.58. The van der Waals surface area contributed by atoms with E-state index in [-0.39, 0.29) is 0 Å². The van der Waals surface area contributed by atoms with Crippen LogP contribution in [0.5, 0.6) is 0 Å². The fourth-order valence-electron chi connectivity index (χ4n) is 1.55. The van der Waals surface area contributed by atoms with Crippen molar-refractivity contribution in [2.75, 3.05) is 7.11 Å². The first-order valence-corrected chi connectivity index (χ1v) is 5.17. The van der Waals surface area contributed by atoms with Gasteiger partial charge in [-0.05, 0) is 30.7 Å². The molecule has 2 aromatic rings. The number of benzene rings is 1. The lowest BCUT2D eigenvalue weighted by molar-refractivity contribution is 0.0867. The molecule has 16 heavy (non-hydrogen) atoms. The van der Waals surface area contributed by atoms with Crippen molar-refractivity contribution in [3.63, 3.8) is 0 Å². The molecule has 0 aliphatic heterocycles. The van der Waals surface area contributed by atoms with Crippen LogP contribution in [0.15, 0.2) is 36.5 Å². The molecule has 0 saturated carbocycles. The van der Waals surface area contributed by atoms with Gasteiger partial charge in [0.15, 0.2) is 0 Å². The van der Waals surface area contributed by atoms with E-state index < -0.39 is 0 Å². The van der Waals surface area contributed by atoms with E-state index in [0.29, 0.717) is 6.54 Å². The van der Waals surface area contributed by atoms with Gasteiger partial charge >= 0.3 is 0 Å². The predicted molar refractivity (Wildman–Crippen MR) is 62.1 cm³/mol. The lowest BCUT2D eigenvalue weighted by Gasteiger charge is -2.06. The number of nitrogens with one attached hydrogen (secondary N) is 1. The van der Waals surface area contributed by atoms with Crippen molar-refractivity contribution in [3.05, 3.63) is 47.8 Å². The normalized spacial score (nSPS) is 10.6. The molecular weight excluding hydrogens is 202 g/mol. The Hall–Kier alpha value is -1.65. The van der Waals surface area contributed by atoms with Crippen LogP contribution >= 0.6 is 0 Å². The Morgan fingerprint density at radius 3 is 2.56 bits per heavy atom. The van der Waals surface area contributed by atoms with Crippen LogP contribution in [-0.2, 0) is 11.4 Å². The van der Waals surface area contributed by atoms with Crippen LogP contribution in [0.25, 0.3) is 5.69 Å². The minimum absolute atomic E-state index is 0.703. The molecule has 84 valence electrons. The molecule has 0 amide bonds. The van der Waals surface area contributed by atoms with Gasteiger partial charge in [-0.15, -0.1) is 0 Å². The highest BCUT2D eigenvalue weighted by Crippen LogP contribution is 2.11. The summed E-state index contributed by atoms with van der Waals surface area (Å²) in [6, 6.07) is 10.2. The van der Waals surface area contributed by atoms with E-state index in [2.05, 4.69) is 22.7 Å². The van der Waals surface area contributed by atoms with Crippen LogP contribution in [0.3, 0.4) is 0 Å². The first-order valence-electron chi connectivity index (χ1n) is 5.17. The SMILES string of the molecule is CONCc1ccc(-n2nccc2C)cc1. The highest BCUT2D eigenvalue weighted by molar-refractivity contribution is 5.35. The van der Waals surface area contributed by atoms with Crippen molar-refractivity contribution < 1.29 is 4.84 Å². The summed E-state index contributed by atoms with van der Waals surface area (Å²) in [6.07, 6.45) is 1.80. The zero-order chi connectivity index (χ0) is 11.4. The highest BCUT2D eigenvalue weighted by atomic mass is 16.6. The Kier molecular flexibility index (Phi) is 3.34. The van der Waals surface area contributed by atoms with Gasteiger partial charge in [0.1, 0.15) is 0 Å². The molecule has 0 aliphatic rings. The van der Waals surface area contributed by atoms with E-state index in [9.17, 15) is 0 Å². The molecule has 0 atom stereocenters. The molecule has 1 N–H and O–H groups in total. The molecule has 1 aromatic carbocycles. The van der Waals surface area contributed by atoms with Crippen LogP contribution in [0.1, 0.15) is 11.3 Å². The summed E-state index contributed by atoms with van der Waals surface area (Å²) in [4.78, 5) is 4.80. The summed E-state index contributed by atoms with van der Waals surface area (Å²) >= 11 is 0. The number of nitrogens with zero attached hydrogens (tertiary/aromatic N) is 2. The molecule has 1 heterocycles. The number of hydrogen-bond acceptors (Lipinski definition) is 3. The van der Waals surface area contributed by atoms with Gasteiger partial charge in [0.05, 0.1) is 12.8 Å². The maximum Gasteiger partial charge on any atom is 0.0648 e. The van der Waals surface area contributed by atoms with E-state index in [0.717, 1.165) is 11.4 Å². The van der Waals surface area contributed by atoms with Gasteiger partial charge in [0.2, 0.25) is 0 Å². The standard InChI is InChI=1S/C12H15N3O/c1-10-7-8-13-15(10)12-5-3-11(4-6-12)9-14-16-2/h3-8,14H,9H2,1-2H3. The van der Waals surface area contributed by atoms with Crippen LogP contribution in [0.2, 0.25) is 0 Å². The van der Waals surface area contributed by atoms with Crippen LogP contribution in [0.4, 0.5) is 0 Å². The zero-order valence-electron chi connectivity index (χ0n) is 9.47.